The normalized spacial score (nSPS) is 18.8. The van der Waals surface area contributed by atoms with E-state index in [0.29, 0.717) is 57.3 Å². The van der Waals surface area contributed by atoms with Gasteiger partial charge in [-0.25, -0.2) is 9.78 Å². The third-order valence-corrected chi connectivity index (χ3v) is 7.82. The van der Waals surface area contributed by atoms with Crippen molar-refractivity contribution in [1.82, 2.24) is 30.8 Å². The van der Waals surface area contributed by atoms with Crippen molar-refractivity contribution in [2.45, 2.75) is 81.6 Å². The van der Waals surface area contributed by atoms with Gasteiger partial charge in [-0.05, 0) is 57.7 Å². The molecule has 2 heterocycles. The highest BCUT2D eigenvalue weighted by Gasteiger charge is 2.39. The predicted molar refractivity (Wildman–Crippen MR) is 160 cm³/mol. The predicted octanol–water partition coefficient (Wildman–Crippen LogP) is 0.362. The summed E-state index contributed by atoms with van der Waals surface area (Å²) in [6.45, 7) is 0.847. The topological polar surface area (TPSA) is 192 Å². The van der Waals surface area contributed by atoms with Crippen LogP contribution in [-0.2, 0) is 36.8 Å². The number of likely N-dealkylation sites (tertiary alicyclic amines) is 1. The average molecular weight is 600 g/mol. The lowest BCUT2D eigenvalue weighted by atomic mass is 9.93. The van der Waals surface area contributed by atoms with Gasteiger partial charge in [-0.2, -0.15) is 0 Å². The Morgan fingerprint density at radius 3 is 2.51 bits per heavy atom. The maximum absolute atomic E-state index is 14.1. The lowest BCUT2D eigenvalue weighted by Gasteiger charge is -2.42. The zero-order valence-electron chi connectivity index (χ0n) is 25.0. The number of piperidine rings is 1. The molecule has 1 saturated heterocycles. The fourth-order valence-electron chi connectivity index (χ4n) is 5.47. The number of unbranched alkanes of at least 4 members (excludes halogenated alkanes) is 1. The van der Waals surface area contributed by atoms with Crippen LogP contribution in [0.1, 0.15) is 49.8 Å². The van der Waals surface area contributed by atoms with E-state index in [1.807, 2.05) is 30.3 Å². The van der Waals surface area contributed by atoms with Crippen LogP contribution < -0.4 is 21.7 Å². The molecule has 236 valence electrons. The number of ether oxygens (including phenoxy) is 1. The van der Waals surface area contributed by atoms with Crippen LogP contribution in [0.15, 0.2) is 42.9 Å². The molecule has 5 atom stereocenters. The summed E-state index contributed by atoms with van der Waals surface area (Å²) >= 11 is 0. The first kappa shape index (κ1) is 33.7. The van der Waals surface area contributed by atoms with Crippen molar-refractivity contribution >= 4 is 23.7 Å². The number of carboxylic acids is 1. The summed E-state index contributed by atoms with van der Waals surface area (Å²) in [5, 5.41) is 18.3. The number of hydrogen-bond acceptors (Lipinski definition) is 8. The van der Waals surface area contributed by atoms with Gasteiger partial charge in [0.25, 0.3) is 0 Å². The third kappa shape index (κ3) is 10.2. The first-order chi connectivity index (χ1) is 20.8. The number of imidazole rings is 1. The Bertz CT molecular complexity index is 1160. The monoisotopic (exact) mass is 599 g/mol. The Hall–Kier alpha value is -3.81. The van der Waals surface area contributed by atoms with E-state index in [1.54, 1.807) is 11.9 Å². The van der Waals surface area contributed by atoms with Crippen LogP contribution in [0.25, 0.3) is 0 Å². The van der Waals surface area contributed by atoms with E-state index in [0.717, 1.165) is 5.56 Å². The highest BCUT2D eigenvalue weighted by Crippen LogP contribution is 2.25. The lowest BCUT2D eigenvalue weighted by molar-refractivity contribution is -0.147. The molecule has 0 aliphatic carbocycles. The fourth-order valence-corrected chi connectivity index (χ4v) is 5.47. The van der Waals surface area contributed by atoms with Gasteiger partial charge in [-0.1, -0.05) is 30.3 Å². The number of benzene rings is 1. The number of H-pyrrole nitrogens is 1. The summed E-state index contributed by atoms with van der Waals surface area (Å²) in [6, 6.07) is 6.44. The van der Waals surface area contributed by atoms with Crippen molar-refractivity contribution in [3.63, 3.8) is 0 Å². The van der Waals surface area contributed by atoms with E-state index in [1.165, 1.54) is 19.6 Å². The highest BCUT2D eigenvalue weighted by molar-refractivity contribution is 5.91. The Labute approximate surface area is 252 Å². The van der Waals surface area contributed by atoms with Crippen LogP contribution >= 0.6 is 0 Å². The summed E-state index contributed by atoms with van der Waals surface area (Å²) in [4.78, 5) is 60.8. The molecule has 0 spiro atoms. The number of nitrogens with zero attached hydrogens (tertiary/aromatic N) is 2. The number of nitrogens with one attached hydrogen (secondary N) is 4. The second-order valence-electron chi connectivity index (χ2n) is 10.8. The second kappa shape index (κ2) is 17.3. The number of carbonyl (C=O) groups excluding carboxylic acids is 3. The van der Waals surface area contributed by atoms with Crippen LogP contribution in [0.2, 0.25) is 0 Å². The molecule has 7 N–H and O–H groups in total. The Balaban J connectivity index is 1.75. The summed E-state index contributed by atoms with van der Waals surface area (Å²) < 4.78 is 5.69. The fraction of sp³-hybridized carbons (Fsp3) is 0.567. The van der Waals surface area contributed by atoms with E-state index >= 15 is 0 Å². The quantitative estimate of drug-likeness (QED) is 0.139. The van der Waals surface area contributed by atoms with Gasteiger partial charge in [-0.3, -0.25) is 14.4 Å². The van der Waals surface area contributed by atoms with Gasteiger partial charge in [-0.15, -0.1) is 0 Å². The smallest absolute Gasteiger partial charge is 0.326 e. The molecule has 3 amide bonds. The van der Waals surface area contributed by atoms with Crippen LogP contribution in [0.3, 0.4) is 0 Å². The van der Waals surface area contributed by atoms with E-state index in [9.17, 15) is 24.3 Å². The van der Waals surface area contributed by atoms with Crippen molar-refractivity contribution in [2.75, 3.05) is 27.2 Å². The van der Waals surface area contributed by atoms with Crippen molar-refractivity contribution in [2.24, 2.45) is 5.73 Å². The summed E-state index contributed by atoms with van der Waals surface area (Å²) in [5.41, 5.74) is 7.26. The minimum Gasteiger partial charge on any atom is -0.480 e. The maximum atomic E-state index is 14.1. The molecule has 3 rings (SSSR count). The van der Waals surface area contributed by atoms with Gasteiger partial charge >= 0.3 is 5.97 Å². The number of amides is 3. The first-order valence-corrected chi connectivity index (χ1v) is 14.8. The Morgan fingerprint density at radius 2 is 1.88 bits per heavy atom. The number of carbonyl (C=O) groups is 4. The van der Waals surface area contributed by atoms with Crippen molar-refractivity contribution in [3.8, 4) is 0 Å². The molecule has 2 aromatic rings. The molecular weight excluding hydrogens is 554 g/mol. The molecule has 13 nitrogen and oxygen atoms in total. The van der Waals surface area contributed by atoms with E-state index in [4.69, 9.17) is 10.5 Å². The molecule has 1 fully saturated rings. The largest absolute Gasteiger partial charge is 0.480 e. The van der Waals surface area contributed by atoms with Crippen molar-refractivity contribution < 1.29 is 29.0 Å². The number of hydrogen-bond donors (Lipinski definition) is 6. The Morgan fingerprint density at radius 1 is 1.12 bits per heavy atom. The Kier molecular flexibility index (Phi) is 13.6. The molecule has 1 aliphatic rings. The van der Waals surface area contributed by atoms with E-state index in [2.05, 4.69) is 25.9 Å². The number of methoxy groups -OCH3 is 1. The first-order valence-electron chi connectivity index (χ1n) is 14.8. The molecule has 0 bridgehead atoms. The minimum atomic E-state index is -1.18. The number of rotatable bonds is 17. The molecule has 0 saturated carbocycles. The minimum absolute atomic E-state index is 0.0347. The van der Waals surface area contributed by atoms with Crippen molar-refractivity contribution in [1.29, 1.82) is 0 Å². The summed E-state index contributed by atoms with van der Waals surface area (Å²) in [6.07, 6.45) is 5.87. The molecule has 0 unspecified atom stereocenters. The van der Waals surface area contributed by atoms with E-state index in [-0.39, 0.29) is 24.7 Å². The summed E-state index contributed by atoms with van der Waals surface area (Å²) in [5.74, 6) is -2.29. The molecule has 1 aliphatic heterocycles. The second-order valence-corrected chi connectivity index (χ2v) is 10.8. The van der Waals surface area contributed by atoms with E-state index < -0.39 is 42.1 Å². The molecule has 1 aromatic heterocycles. The molecule has 43 heavy (non-hydrogen) atoms. The number of carboxylic acid groups (broad SMARTS) is 1. The average Bonchev–Trinajstić information content (AvgIpc) is 3.52. The molecular formula is C30H45N7O6. The molecule has 0 radical (unpaired) electrons. The van der Waals surface area contributed by atoms with Gasteiger partial charge in [0.05, 0.1) is 24.5 Å². The van der Waals surface area contributed by atoms with Crippen LogP contribution in [0.5, 0.6) is 0 Å². The van der Waals surface area contributed by atoms with Crippen LogP contribution in [0.4, 0.5) is 0 Å². The number of nitrogens with two attached hydrogens (primary N) is 1. The third-order valence-electron chi connectivity index (χ3n) is 7.82. The van der Waals surface area contributed by atoms with Crippen molar-refractivity contribution in [3.05, 3.63) is 54.1 Å². The lowest BCUT2D eigenvalue weighted by Crippen LogP contribution is -2.60. The maximum Gasteiger partial charge on any atom is 0.326 e. The van der Waals surface area contributed by atoms with Gasteiger partial charge in [0.2, 0.25) is 17.7 Å². The highest BCUT2D eigenvalue weighted by atomic mass is 16.5. The number of aliphatic carboxylic acids is 1. The number of aromatic amines is 1. The number of likely N-dealkylation sites (N-methyl/N-ethyl adjacent to an activating group) is 1. The van der Waals surface area contributed by atoms with Crippen LogP contribution in [-0.4, -0.2) is 101 Å². The summed E-state index contributed by atoms with van der Waals surface area (Å²) in [7, 11) is 3.24. The van der Waals surface area contributed by atoms with Gasteiger partial charge in [0.1, 0.15) is 12.1 Å². The zero-order valence-corrected chi connectivity index (χ0v) is 25.0. The van der Waals surface area contributed by atoms with Gasteiger partial charge in [0.15, 0.2) is 0 Å². The number of aromatic nitrogens is 2. The van der Waals surface area contributed by atoms with Crippen LogP contribution in [0, 0.1) is 0 Å². The van der Waals surface area contributed by atoms with Gasteiger partial charge < -0.3 is 41.4 Å². The molecule has 1 aromatic carbocycles. The molecule has 13 heteroatoms. The standard InChI is InChI=1S/C30H45N7O6/c1-32-23(15-20-9-4-3-5-10-20)28(39)36-22(11-6-7-13-31)29(40)37-14-8-12-26(43-2)25(37)17-27(38)35-24(30(41)42)16-21-18-33-19-34-21/h3-5,9-10,18-19,22-26,32H,6-8,11-17,31H2,1-2H3,(H,33,34)(H,35,38)(H,36,39)(H,41,42)/t22-,23-,24-,25+,26+/m0/s1. The van der Waals surface area contributed by atoms with Gasteiger partial charge in [0, 0.05) is 38.4 Å². The SMILES string of the molecule is CN[C@@H](Cc1ccccc1)C(=O)N[C@@H](CCCCN)C(=O)N1CCC[C@@H](OC)[C@H]1CC(=O)N[C@@H](Cc1cnc[nH]1)C(=O)O. The zero-order chi connectivity index (χ0) is 31.2.